The minimum atomic E-state index is -0.634. The normalized spacial score (nSPS) is 46.3. The van der Waals surface area contributed by atoms with Crippen LogP contribution in [0.15, 0.2) is 0 Å². The van der Waals surface area contributed by atoms with Gasteiger partial charge in [-0.25, -0.2) is 0 Å². The topological polar surface area (TPSA) is 37.3 Å². The molecule has 2 nitrogen and oxygen atoms in total. The van der Waals surface area contributed by atoms with Crippen molar-refractivity contribution in [2.45, 2.75) is 111 Å². The fourth-order valence-corrected chi connectivity index (χ4v) is 9.21. The van der Waals surface area contributed by atoms with Gasteiger partial charge in [0.15, 0.2) is 0 Å². The third kappa shape index (κ3) is 3.45. The fourth-order valence-electron chi connectivity index (χ4n) is 9.21. The summed E-state index contributed by atoms with van der Waals surface area (Å²) >= 11 is 0. The van der Waals surface area contributed by atoms with Crippen molar-refractivity contribution in [2.75, 3.05) is 0 Å². The number of carboxylic acid groups (broad SMARTS) is 1. The Hall–Kier alpha value is -0.530. The SMILES string of the molecule is C[C@H](CCCCC(=O)O)C1CCC2C3CCC4CCCCC4(C)C3CCC21C. The molecule has 4 aliphatic carbocycles. The van der Waals surface area contributed by atoms with E-state index in [0.717, 1.165) is 48.3 Å². The second-order valence-electron chi connectivity index (χ2n) is 11.7. The minimum Gasteiger partial charge on any atom is -0.481 e. The molecule has 4 saturated carbocycles. The number of rotatable bonds is 6. The van der Waals surface area contributed by atoms with Crippen LogP contribution in [0.4, 0.5) is 0 Å². The summed E-state index contributed by atoms with van der Waals surface area (Å²) in [5.41, 5.74) is 1.22. The van der Waals surface area contributed by atoms with E-state index < -0.39 is 5.97 Å². The van der Waals surface area contributed by atoms with Crippen LogP contribution in [0.1, 0.15) is 111 Å². The molecule has 4 rings (SSSR count). The van der Waals surface area contributed by atoms with E-state index in [2.05, 4.69) is 20.8 Å². The molecule has 0 aliphatic heterocycles. The Morgan fingerprint density at radius 3 is 2.50 bits per heavy atom. The summed E-state index contributed by atoms with van der Waals surface area (Å²) in [6.07, 6.45) is 18.4. The third-order valence-electron chi connectivity index (χ3n) is 10.6. The van der Waals surface area contributed by atoms with Crippen LogP contribution in [0, 0.1) is 46.3 Å². The van der Waals surface area contributed by atoms with Crippen molar-refractivity contribution >= 4 is 5.97 Å². The summed E-state index contributed by atoms with van der Waals surface area (Å²) in [5.74, 6) is 5.01. The first-order chi connectivity index (χ1) is 13.4. The van der Waals surface area contributed by atoms with Gasteiger partial charge in [0.2, 0.25) is 0 Å². The van der Waals surface area contributed by atoms with E-state index in [0.29, 0.717) is 17.3 Å². The second-order valence-corrected chi connectivity index (χ2v) is 11.7. The van der Waals surface area contributed by atoms with Crippen molar-refractivity contribution in [3.05, 3.63) is 0 Å². The Morgan fingerprint density at radius 2 is 1.71 bits per heavy atom. The fraction of sp³-hybridized carbons (Fsp3) is 0.962. The van der Waals surface area contributed by atoms with Gasteiger partial charge in [0.25, 0.3) is 0 Å². The summed E-state index contributed by atoms with van der Waals surface area (Å²) in [6.45, 7) is 7.83. The number of fused-ring (bicyclic) bond motifs is 5. The highest BCUT2D eigenvalue weighted by atomic mass is 16.4. The summed E-state index contributed by atoms with van der Waals surface area (Å²) in [5, 5.41) is 8.90. The first-order valence-electron chi connectivity index (χ1n) is 12.6. The van der Waals surface area contributed by atoms with Gasteiger partial charge in [0.1, 0.15) is 0 Å². The van der Waals surface area contributed by atoms with E-state index in [1.54, 1.807) is 0 Å². The Labute approximate surface area is 173 Å². The van der Waals surface area contributed by atoms with Crippen molar-refractivity contribution in [1.82, 2.24) is 0 Å². The number of aliphatic carboxylic acids is 1. The molecular formula is C26H44O2. The lowest BCUT2D eigenvalue weighted by molar-refractivity contribution is -0.137. The lowest BCUT2D eigenvalue weighted by atomic mass is 9.44. The van der Waals surface area contributed by atoms with E-state index in [1.165, 1.54) is 70.6 Å². The molecule has 0 amide bonds. The van der Waals surface area contributed by atoms with Crippen LogP contribution in [0.2, 0.25) is 0 Å². The number of hydrogen-bond acceptors (Lipinski definition) is 1. The zero-order valence-corrected chi connectivity index (χ0v) is 18.7. The molecule has 0 saturated heterocycles. The van der Waals surface area contributed by atoms with Crippen molar-refractivity contribution in [2.24, 2.45) is 46.3 Å². The standard InChI is InChI=1S/C26H44O2/c1-18(8-4-5-10-24(27)28)21-13-14-22-20-12-11-19-9-6-7-16-25(19,2)23(20)15-17-26(21,22)3/h18-23H,4-17H2,1-3H3,(H,27,28)/t18-,19?,20?,21?,22?,23?,25?,26?/m1/s1. The molecule has 0 aromatic carbocycles. The zero-order valence-electron chi connectivity index (χ0n) is 18.7. The highest BCUT2D eigenvalue weighted by Crippen LogP contribution is 2.68. The van der Waals surface area contributed by atoms with Gasteiger partial charge in [0.05, 0.1) is 0 Å². The molecule has 0 spiro atoms. The van der Waals surface area contributed by atoms with Crippen LogP contribution >= 0.6 is 0 Å². The maximum Gasteiger partial charge on any atom is 0.303 e. The summed E-state index contributed by atoms with van der Waals surface area (Å²) in [6, 6.07) is 0. The highest BCUT2D eigenvalue weighted by Gasteiger charge is 2.59. The minimum absolute atomic E-state index is 0.348. The van der Waals surface area contributed by atoms with Crippen molar-refractivity contribution in [1.29, 1.82) is 0 Å². The molecule has 160 valence electrons. The molecule has 4 fully saturated rings. The lowest BCUT2D eigenvalue weighted by Crippen LogP contribution is -2.53. The van der Waals surface area contributed by atoms with Gasteiger partial charge >= 0.3 is 5.97 Å². The lowest BCUT2D eigenvalue weighted by Gasteiger charge is -2.61. The molecule has 0 aromatic heterocycles. The Balaban J connectivity index is 1.42. The molecule has 8 atom stereocenters. The van der Waals surface area contributed by atoms with E-state index in [4.69, 9.17) is 5.11 Å². The Morgan fingerprint density at radius 1 is 0.929 bits per heavy atom. The van der Waals surface area contributed by atoms with Gasteiger partial charge < -0.3 is 5.11 Å². The van der Waals surface area contributed by atoms with E-state index in [9.17, 15) is 4.79 Å². The van der Waals surface area contributed by atoms with Crippen LogP contribution in [0.3, 0.4) is 0 Å². The molecule has 0 radical (unpaired) electrons. The summed E-state index contributed by atoms with van der Waals surface area (Å²) < 4.78 is 0. The first kappa shape index (κ1) is 20.7. The average Bonchev–Trinajstić information content (AvgIpc) is 3.01. The number of hydrogen-bond donors (Lipinski definition) is 1. The molecule has 7 unspecified atom stereocenters. The van der Waals surface area contributed by atoms with Gasteiger partial charge in [0, 0.05) is 6.42 Å². The highest BCUT2D eigenvalue weighted by molar-refractivity contribution is 5.66. The van der Waals surface area contributed by atoms with E-state index in [-0.39, 0.29) is 0 Å². The second kappa shape index (κ2) is 7.95. The third-order valence-corrected chi connectivity index (χ3v) is 10.6. The molecule has 0 heterocycles. The van der Waals surface area contributed by atoms with Gasteiger partial charge in [-0.05, 0) is 104 Å². The zero-order chi connectivity index (χ0) is 19.9. The van der Waals surface area contributed by atoms with Crippen molar-refractivity contribution in [3.63, 3.8) is 0 Å². The molecule has 2 heteroatoms. The van der Waals surface area contributed by atoms with Crippen LogP contribution in [-0.4, -0.2) is 11.1 Å². The summed E-state index contributed by atoms with van der Waals surface area (Å²) in [7, 11) is 0. The molecule has 1 N–H and O–H groups in total. The molecular weight excluding hydrogens is 344 g/mol. The van der Waals surface area contributed by atoms with Crippen LogP contribution in [0.25, 0.3) is 0 Å². The van der Waals surface area contributed by atoms with Gasteiger partial charge in [-0.3, -0.25) is 4.79 Å². The number of unbranched alkanes of at least 4 members (excludes halogenated alkanes) is 1. The Bertz CT molecular complexity index is 571. The van der Waals surface area contributed by atoms with E-state index in [1.807, 2.05) is 0 Å². The maximum atomic E-state index is 10.8. The number of carbonyl (C=O) groups is 1. The summed E-state index contributed by atoms with van der Waals surface area (Å²) in [4.78, 5) is 10.8. The predicted molar refractivity (Wildman–Crippen MR) is 115 cm³/mol. The smallest absolute Gasteiger partial charge is 0.303 e. The number of carboxylic acids is 1. The predicted octanol–water partition coefficient (Wildman–Crippen LogP) is 7.32. The van der Waals surface area contributed by atoms with Crippen molar-refractivity contribution in [3.8, 4) is 0 Å². The molecule has 28 heavy (non-hydrogen) atoms. The van der Waals surface area contributed by atoms with Crippen LogP contribution in [-0.2, 0) is 4.79 Å². The average molecular weight is 389 g/mol. The molecule has 0 bridgehead atoms. The Kier molecular flexibility index (Phi) is 5.89. The monoisotopic (exact) mass is 388 g/mol. The molecule has 4 aliphatic rings. The van der Waals surface area contributed by atoms with Crippen LogP contribution in [0.5, 0.6) is 0 Å². The van der Waals surface area contributed by atoms with Gasteiger partial charge in [-0.2, -0.15) is 0 Å². The maximum absolute atomic E-state index is 10.8. The quantitative estimate of drug-likeness (QED) is 0.484. The molecule has 0 aromatic rings. The van der Waals surface area contributed by atoms with Crippen molar-refractivity contribution < 1.29 is 9.90 Å². The first-order valence-corrected chi connectivity index (χ1v) is 12.6. The van der Waals surface area contributed by atoms with Gasteiger partial charge in [-0.1, -0.05) is 46.5 Å². The van der Waals surface area contributed by atoms with E-state index >= 15 is 0 Å². The van der Waals surface area contributed by atoms with Crippen LogP contribution < -0.4 is 0 Å². The van der Waals surface area contributed by atoms with Gasteiger partial charge in [-0.15, -0.1) is 0 Å². The largest absolute Gasteiger partial charge is 0.481 e.